The second-order valence-corrected chi connectivity index (χ2v) is 9.25. The van der Waals surface area contributed by atoms with Crippen LogP contribution in [0, 0.1) is 23.6 Å². The van der Waals surface area contributed by atoms with Gasteiger partial charge in [-0.25, -0.2) is 4.39 Å². The van der Waals surface area contributed by atoms with Crippen LogP contribution in [0.4, 0.5) is 4.39 Å². The Morgan fingerprint density at radius 3 is 2.72 bits per heavy atom. The minimum atomic E-state index is -0.629. The molecule has 3 aliphatic rings. The van der Waals surface area contributed by atoms with E-state index in [0.717, 1.165) is 31.3 Å². The van der Waals surface area contributed by atoms with Crippen molar-refractivity contribution in [1.82, 2.24) is 4.90 Å². The largest absolute Gasteiger partial charge is 0.505 e. The van der Waals surface area contributed by atoms with Crippen LogP contribution in [0.1, 0.15) is 58.4 Å². The smallest absolute Gasteiger partial charge is 0.233 e. The van der Waals surface area contributed by atoms with Crippen molar-refractivity contribution >= 4 is 17.9 Å². The van der Waals surface area contributed by atoms with Crippen molar-refractivity contribution in [3.05, 3.63) is 46.3 Å². The molecule has 6 heteroatoms. The first-order valence-corrected chi connectivity index (χ1v) is 11.7. The number of ether oxygens (including phenoxy) is 1. The fraction of sp³-hybridized carbons (Fsp3) is 0.538. The molecule has 2 saturated heterocycles. The summed E-state index contributed by atoms with van der Waals surface area (Å²) >= 11 is 0. The molecule has 1 N–H and O–H groups in total. The van der Waals surface area contributed by atoms with Crippen LogP contribution in [0.2, 0.25) is 0 Å². The second-order valence-electron chi connectivity index (χ2n) is 9.25. The number of amides is 2. The van der Waals surface area contributed by atoms with Crippen molar-refractivity contribution in [2.24, 2.45) is 17.8 Å². The van der Waals surface area contributed by atoms with Gasteiger partial charge in [-0.05, 0) is 62.3 Å². The van der Waals surface area contributed by atoms with Gasteiger partial charge in [0.25, 0.3) is 0 Å². The maximum atomic E-state index is 13.6. The third-order valence-corrected chi connectivity index (χ3v) is 7.16. The van der Waals surface area contributed by atoms with Gasteiger partial charge in [0.2, 0.25) is 11.8 Å². The van der Waals surface area contributed by atoms with Crippen LogP contribution >= 0.6 is 0 Å². The molecular weight excluding hydrogens is 409 g/mol. The monoisotopic (exact) mass is 441 g/mol. The van der Waals surface area contributed by atoms with Gasteiger partial charge in [-0.3, -0.25) is 14.5 Å². The molecule has 32 heavy (non-hydrogen) atoms. The zero-order valence-electron chi connectivity index (χ0n) is 19.1. The summed E-state index contributed by atoms with van der Waals surface area (Å²) in [6.07, 6.45) is 5.75. The summed E-state index contributed by atoms with van der Waals surface area (Å²) in [5.41, 5.74) is 4.33. The molecule has 1 aromatic carbocycles. The molecule has 2 fully saturated rings. The highest BCUT2D eigenvalue weighted by atomic mass is 19.1. The van der Waals surface area contributed by atoms with Crippen molar-refractivity contribution in [2.45, 2.75) is 59.0 Å². The van der Waals surface area contributed by atoms with Crippen LogP contribution in [0.5, 0.6) is 5.75 Å². The molecule has 4 rings (SSSR count). The van der Waals surface area contributed by atoms with Gasteiger partial charge in [-0.1, -0.05) is 37.1 Å². The quantitative estimate of drug-likeness (QED) is 0.485. The number of aromatic hydroxyl groups is 1. The van der Waals surface area contributed by atoms with Crippen LogP contribution < -0.4 is 0 Å². The number of phenolic OH excluding ortho intramolecular Hbond substituents is 1. The Balaban J connectivity index is 1.50. The molecule has 0 aromatic heterocycles. The number of carbonyl (C=O) groups is 2. The van der Waals surface area contributed by atoms with E-state index in [-0.39, 0.29) is 41.4 Å². The number of carbonyl (C=O) groups excluding carboxylic acids is 2. The van der Waals surface area contributed by atoms with E-state index in [4.69, 9.17) is 4.74 Å². The number of likely N-dealkylation sites (tertiary alicyclic amines) is 1. The summed E-state index contributed by atoms with van der Waals surface area (Å²) in [6, 6.07) is 4.37. The average molecular weight is 442 g/mol. The number of allylic oxidation sites excluding steroid dienone is 2. The van der Waals surface area contributed by atoms with Gasteiger partial charge < -0.3 is 9.84 Å². The lowest BCUT2D eigenvalue weighted by atomic mass is 9.69. The SMILES string of the molecule is CCCN1C(=O)[C@@H]2[C@@H](CC(CC)=C3[C@@H](CC/C(C)=C/c4ccc(O)c(F)c4)OC[C@@H]32)C1=O. The first kappa shape index (κ1) is 22.7. The fourth-order valence-corrected chi connectivity index (χ4v) is 5.65. The number of benzene rings is 1. The van der Waals surface area contributed by atoms with E-state index in [2.05, 4.69) is 6.92 Å². The summed E-state index contributed by atoms with van der Waals surface area (Å²) < 4.78 is 19.8. The van der Waals surface area contributed by atoms with E-state index < -0.39 is 5.82 Å². The Morgan fingerprint density at radius 1 is 1.25 bits per heavy atom. The van der Waals surface area contributed by atoms with Crippen LogP contribution in [0.25, 0.3) is 6.08 Å². The Labute approximate surface area is 188 Å². The second kappa shape index (κ2) is 9.18. The number of imide groups is 1. The molecule has 0 spiro atoms. The van der Waals surface area contributed by atoms with Crippen LogP contribution in [0.15, 0.2) is 34.9 Å². The van der Waals surface area contributed by atoms with Crippen molar-refractivity contribution in [1.29, 1.82) is 0 Å². The predicted molar refractivity (Wildman–Crippen MR) is 120 cm³/mol. The number of fused-ring (bicyclic) bond motifs is 3. The van der Waals surface area contributed by atoms with Crippen LogP contribution in [0.3, 0.4) is 0 Å². The van der Waals surface area contributed by atoms with E-state index in [1.54, 1.807) is 6.07 Å². The summed E-state index contributed by atoms with van der Waals surface area (Å²) in [6.45, 7) is 7.10. The molecule has 172 valence electrons. The van der Waals surface area contributed by atoms with Gasteiger partial charge in [0.05, 0.1) is 24.5 Å². The number of rotatable bonds is 7. The summed E-state index contributed by atoms with van der Waals surface area (Å²) in [5, 5.41) is 9.36. The van der Waals surface area contributed by atoms with Gasteiger partial charge in [-0.15, -0.1) is 0 Å². The van der Waals surface area contributed by atoms with E-state index >= 15 is 0 Å². The first-order valence-electron chi connectivity index (χ1n) is 11.7. The van der Waals surface area contributed by atoms with E-state index in [1.165, 1.54) is 28.2 Å². The summed E-state index contributed by atoms with van der Waals surface area (Å²) in [7, 11) is 0. The van der Waals surface area contributed by atoms with E-state index in [1.807, 2.05) is 19.9 Å². The minimum Gasteiger partial charge on any atom is -0.505 e. The number of hydrogen-bond acceptors (Lipinski definition) is 4. The topological polar surface area (TPSA) is 66.8 Å². The number of nitrogens with zero attached hydrogens (tertiary/aromatic N) is 1. The number of hydrogen-bond donors (Lipinski definition) is 1. The Kier molecular flexibility index (Phi) is 6.52. The Hall–Kier alpha value is -2.47. The zero-order valence-corrected chi connectivity index (χ0v) is 19.1. The molecule has 5 nitrogen and oxygen atoms in total. The van der Waals surface area contributed by atoms with Gasteiger partial charge in [0.1, 0.15) is 0 Å². The maximum absolute atomic E-state index is 13.6. The standard InChI is InChI=1S/C26H32FNO4/c1-4-10-28-25(30)18-13-17(5-2)23-19(24(18)26(28)31)14-32-22(23)9-6-15(3)11-16-7-8-21(29)20(27)12-16/h7-8,11-12,18-19,22,24,29H,4-6,9-10,13-14H2,1-3H3/b15-11+/t18-,19+,22-,24-/m1/s1. The zero-order chi connectivity index (χ0) is 23.0. The van der Waals surface area contributed by atoms with Crippen LogP contribution in [-0.2, 0) is 14.3 Å². The normalized spacial score (nSPS) is 27.9. The molecule has 2 amide bonds. The lowest BCUT2D eigenvalue weighted by molar-refractivity contribution is -0.140. The Morgan fingerprint density at radius 2 is 2.03 bits per heavy atom. The highest BCUT2D eigenvalue weighted by Gasteiger charge is 2.56. The molecule has 0 saturated carbocycles. The molecule has 0 radical (unpaired) electrons. The lowest BCUT2D eigenvalue weighted by Crippen LogP contribution is -2.34. The molecule has 2 aliphatic heterocycles. The van der Waals surface area contributed by atoms with Crippen molar-refractivity contribution < 1.29 is 23.8 Å². The average Bonchev–Trinajstić information content (AvgIpc) is 3.29. The lowest BCUT2D eigenvalue weighted by Gasteiger charge is -2.31. The van der Waals surface area contributed by atoms with Crippen molar-refractivity contribution in [3.63, 3.8) is 0 Å². The molecule has 2 heterocycles. The van der Waals surface area contributed by atoms with E-state index in [0.29, 0.717) is 25.1 Å². The van der Waals surface area contributed by atoms with Crippen molar-refractivity contribution in [2.75, 3.05) is 13.2 Å². The predicted octanol–water partition coefficient (Wildman–Crippen LogP) is 4.85. The van der Waals surface area contributed by atoms with Gasteiger partial charge in [-0.2, -0.15) is 0 Å². The highest BCUT2D eigenvalue weighted by Crippen LogP contribution is 2.50. The van der Waals surface area contributed by atoms with Gasteiger partial charge >= 0.3 is 0 Å². The third kappa shape index (κ3) is 4.01. The number of halogens is 1. The van der Waals surface area contributed by atoms with E-state index in [9.17, 15) is 19.1 Å². The Bertz CT molecular complexity index is 982. The molecule has 4 atom stereocenters. The third-order valence-electron chi connectivity index (χ3n) is 7.16. The summed E-state index contributed by atoms with van der Waals surface area (Å²) in [5.74, 6) is -1.51. The van der Waals surface area contributed by atoms with Crippen LogP contribution in [-0.4, -0.2) is 41.1 Å². The fourth-order valence-electron chi connectivity index (χ4n) is 5.65. The molecule has 1 aromatic rings. The van der Waals surface area contributed by atoms with Gasteiger partial charge in [0.15, 0.2) is 11.6 Å². The molecular formula is C26H32FNO4. The molecule has 1 aliphatic carbocycles. The van der Waals surface area contributed by atoms with Crippen molar-refractivity contribution in [3.8, 4) is 5.75 Å². The molecule has 0 bridgehead atoms. The summed E-state index contributed by atoms with van der Waals surface area (Å²) in [4.78, 5) is 27.4. The minimum absolute atomic E-state index is 0.00230. The highest BCUT2D eigenvalue weighted by molar-refractivity contribution is 6.05. The van der Waals surface area contributed by atoms with Gasteiger partial charge in [0, 0.05) is 12.5 Å². The molecule has 0 unspecified atom stereocenters. The first-order chi connectivity index (χ1) is 15.3. The number of phenols is 1. The maximum Gasteiger partial charge on any atom is 0.233 e.